The predicted octanol–water partition coefficient (Wildman–Crippen LogP) is 3.10. The molecule has 6 heteroatoms. The number of hydrogen-bond donors (Lipinski definition) is 3. The van der Waals surface area contributed by atoms with Gasteiger partial charge in [0, 0.05) is 48.9 Å². The van der Waals surface area contributed by atoms with Gasteiger partial charge >= 0.3 is 0 Å². The smallest absolute Gasteiger partial charge is 0.167 e. The highest BCUT2D eigenvalue weighted by Gasteiger charge is 2.41. The Morgan fingerprint density at radius 1 is 1.44 bits per heavy atom. The van der Waals surface area contributed by atoms with E-state index < -0.39 is 12.3 Å². The Morgan fingerprint density at radius 2 is 2.16 bits per heavy atom. The van der Waals surface area contributed by atoms with Crippen molar-refractivity contribution >= 4 is 0 Å². The zero-order valence-corrected chi connectivity index (χ0v) is 15.8. The highest BCUT2D eigenvalue weighted by Crippen LogP contribution is 2.39. The zero-order chi connectivity index (χ0) is 18.6. The van der Waals surface area contributed by atoms with Crippen LogP contribution in [0, 0.1) is 0 Å². The summed E-state index contributed by atoms with van der Waals surface area (Å²) in [6.45, 7) is 5.30. The standard InChI is InChI=1S/C19H32F2N4/c1-5-7-8-14(22)10-23-17-15(19(21,6-2)12-20)11-25(4)18-16(17)13(3)9-24-18/h9,11,14,18,23-24H,5-8,10,12,22H2,1-4H3. The quantitative estimate of drug-likeness (QED) is 0.596. The molecule has 0 amide bonds. The van der Waals surface area contributed by atoms with Crippen LogP contribution in [0.3, 0.4) is 0 Å². The van der Waals surface area contributed by atoms with Crippen LogP contribution in [0.1, 0.15) is 46.5 Å². The SMILES string of the molecule is CCCCC(N)CNC1=C2C(C)=CNC2N(C)C=C1C(F)(CC)CF. The van der Waals surface area contributed by atoms with Gasteiger partial charge in [0.1, 0.15) is 12.8 Å². The van der Waals surface area contributed by atoms with Gasteiger partial charge in [0.2, 0.25) is 0 Å². The minimum absolute atomic E-state index is 0.00734. The van der Waals surface area contributed by atoms with Gasteiger partial charge in [-0.05, 0) is 25.3 Å². The van der Waals surface area contributed by atoms with E-state index >= 15 is 4.39 Å². The van der Waals surface area contributed by atoms with Gasteiger partial charge in [-0.25, -0.2) is 8.78 Å². The summed E-state index contributed by atoms with van der Waals surface area (Å²) in [4.78, 5) is 1.90. The topological polar surface area (TPSA) is 53.3 Å². The third kappa shape index (κ3) is 4.00. The molecule has 3 atom stereocenters. The van der Waals surface area contributed by atoms with Crippen molar-refractivity contribution in [2.24, 2.45) is 5.73 Å². The number of nitrogens with one attached hydrogen (secondary N) is 2. The molecule has 3 unspecified atom stereocenters. The zero-order valence-electron chi connectivity index (χ0n) is 15.8. The second-order valence-corrected chi connectivity index (χ2v) is 7.13. The highest BCUT2D eigenvalue weighted by atomic mass is 19.2. The average Bonchev–Trinajstić information content (AvgIpc) is 3.00. The van der Waals surface area contributed by atoms with Crippen LogP contribution in [-0.4, -0.2) is 43.0 Å². The maximum atomic E-state index is 15.3. The van der Waals surface area contributed by atoms with Gasteiger partial charge in [-0.15, -0.1) is 0 Å². The van der Waals surface area contributed by atoms with Crippen molar-refractivity contribution in [3.63, 3.8) is 0 Å². The van der Waals surface area contributed by atoms with Crippen LogP contribution in [0.15, 0.2) is 34.8 Å². The summed E-state index contributed by atoms with van der Waals surface area (Å²) < 4.78 is 28.8. The molecule has 25 heavy (non-hydrogen) atoms. The molecule has 0 aromatic rings. The van der Waals surface area contributed by atoms with Gasteiger partial charge in [-0.3, -0.25) is 0 Å². The van der Waals surface area contributed by atoms with E-state index in [1.807, 2.05) is 25.1 Å². The van der Waals surface area contributed by atoms with Gasteiger partial charge in [-0.2, -0.15) is 0 Å². The normalized spacial score (nSPS) is 23.5. The monoisotopic (exact) mass is 354 g/mol. The minimum Gasteiger partial charge on any atom is -0.383 e. The fourth-order valence-electron chi connectivity index (χ4n) is 3.41. The molecule has 0 aliphatic carbocycles. The van der Waals surface area contributed by atoms with Crippen LogP contribution in [0.2, 0.25) is 0 Å². The lowest BCUT2D eigenvalue weighted by Gasteiger charge is -2.38. The number of nitrogens with two attached hydrogens (primary N) is 1. The molecule has 0 aromatic carbocycles. The van der Waals surface area contributed by atoms with Gasteiger partial charge in [0.25, 0.3) is 0 Å². The minimum atomic E-state index is -2.00. The molecule has 0 saturated carbocycles. The summed E-state index contributed by atoms with van der Waals surface area (Å²) in [7, 11) is 1.88. The highest BCUT2D eigenvalue weighted by molar-refractivity contribution is 5.54. The molecule has 0 fully saturated rings. The first-order valence-corrected chi connectivity index (χ1v) is 9.24. The van der Waals surface area contributed by atoms with Crippen LogP contribution >= 0.6 is 0 Å². The largest absolute Gasteiger partial charge is 0.383 e. The van der Waals surface area contributed by atoms with E-state index in [-0.39, 0.29) is 18.6 Å². The van der Waals surface area contributed by atoms with Crippen molar-refractivity contribution in [3.05, 3.63) is 34.8 Å². The number of likely N-dealkylation sites (N-methyl/N-ethyl adjacent to an activating group) is 1. The number of unbranched alkanes of at least 4 members (excludes halogenated alkanes) is 1. The molecule has 0 spiro atoms. The summed E-state index contributed by atoms with van der Waals surface area (Å²) in [6, 6.07) is -0.00734. The Kier molecular flexibility index (Phi) is 6.49. The van der Waals surface area contributed by atoms with Crippen LogP contribution in [0.25, 0.3) is 0 Å². The van der Waals surface area contributed by atoms with Crippen LogP contribution in [-0.2, 0) is 0 Å². The lowest BCUT2D eigenvalue weighted by atomic mass is 9.86. The molecule has 4 nitrogen and oxygen atoms in total. The van der Waals surface area contributed by atoms with Gasteiger partial charge in [0.15, 0.2) is 5.67 Å². The third-order valence-corrected chi connectivity index (χ3v) is 5.16. The second kappa shape index (κ2) is 8.21. The van der Waals surface area contributed by atoms with Crippen LogP contribution < -0.4 is 16.4 Å². The molecule has 2 rings (SSSR count). The Labute approximate surface area is 150 Å². The maximum Gasteiger partial charge on any atom is 0.167 e. The van der Waals surface area contributed by atoms with Crippen LogP contribution in [0.4, 0.5) is 8.78 Å². The summed E-state index contributed by atoms with van der Waals surface area (Å²) in [5.74, 6) is 0. The van der Waals surface area contributed by atoms with E-state index in [1.165, 1.54) is 0 Å². The van der Waals surface area contributed by atoms with E-state index in [0.29, 0.717) is 17.8 Å². The van der Waals surface area contributed by atoms with Crippen molar-refractivity contribution in [2.75, 3.05) is 20.3 Å². The van der Waals surface area contributed by atoms with Gasteiger partial charge < -0.3 is 21.3 Å². The van der Waals surface area contributed by atoms with Crippen molar-refractivity contribution in [3.8, 4) is 0 Å². The fourth-order valence-corrected chi connectivity index (χ4v) is 3.41. The summed E-state index contributed by atoms with van der Waals surface area (Å²) in [5, 5.41) is 6.64. The first-order valence-electron chi connectivity index (χ1n) is 9.24. The van der Waals surface area contributed by atoms with Crippen LogP contribution in [0.5, 0.6) is 0 Å². The van der Waals surface area contributed by atoms with Crippen molar-refractivity contribution in [1.29, 1.82) is 0 Å². The Hall–Kier alpha value is -1.56. The number of alkyl halides is 2. The molecule has 4 N–H and O–H groups in total. The van der Waals surface area contributed by atoms with E-state index in [9.17, 15) is 4.39 Å². The van der Waals surface area contributed by atoms with Crippen molar-refractivity contribution in [2.45, 2.75) is 64.3 Å². The molecule has 142 valence electrons. The second-order valence-electron chi connectivity index (χ2n) is 7.13. The summed E-state index contributed by atoms with van der Waals surface area (Å²) in [6.07, 6.45) is 6.75. The molecular formula is C19H32F2N4. The van der Waals surface area contributed by atoms with Crippen molar-refractivity contribution in [1.82, 2.24) is 15.5 Å². The number of nitrogens with zero attached hydrogens (tertiary/aromatic N) is 1. The maximum absolute atomic E-state index is 15.3. The molecule has 0 radical (unpaired) electrons. The molecular weight excluding hydrogens is 322 g/mol. The van der Waals surface area contributed by atoms with E-state index in [1.54, 1.807) is 13.1 Å². The lowest BCUT2D eigenvalue weighted by molar-refractivity contribution is 0.151. The lowest BCUT2D eigenvalue weighted by Crippen LogP contribution is -2.46. The van der Waals surface area contributed by atoms with Crippen molar-refractivity contribution < 1.29 is 8.78 Å². The van der Waals surface area contributed by atoms with E-state index in [0.717, 1.165) is 30.4 Å². The molecule has 0 saturated heterocycles. The first-order chi connectivity index (χ1) is 11.9. The summed E-state index contributed by atoms with van der Waals surface area (Å²) in [5.41, 5.74) is 7.27. The molecule has 2 heterocycles. The molecule has 2 aliphatic rings. The Morgan fingerprint density at radius 3 is 2.76 bits per heavy atom. The van der Waals surface area contributed by atoms with Gasteiger partial charge in [0.05, 0.1) is 0 Å². The van der Waals surface area contributed by atoms with E-state index in [2.05, 4.69) is 17.6 Å². The number of fused-ring (bicyclic) bond motifs is 1. The fraction of sp³-hybridized carbons (Fsp3) is 0.684. The average molecular weight is 354 g/mol. The molecule has 0 aromatic heterocycles. The number of hydrogen-bond acceptors (Lipinski definition) is 4. The third-order valence-electron chi connectivity index (χ3n) is 5.16. The first kappa shape index (κ1) is 19.8. The Balaban J connectivity index is 2.33. The molecule has 0 bridgehead atoms. The number of allylic oxidation sites excluding steroid dienone is 1. The summed E-state index contributed by atoms with van der Waals surface area (Å²) >= 11 is 0. The Bertz CT molecular complexity index is 564. The van der Waals surface area contributed by atoms with E-state index in [4.69, 9.17) is 5.73 Å². The van der Waals surface area contributed by atoms with Gasteiger partial charge in [-0.1, -0.05) is 26.7 Å². The number of halogens is 2. The molecule has 2 aliphatic heterocycles. The predicted molar refractivity (Wildman–Crippen MR) is 99.2 cm³/mol. The number of rotatable bonds is 9.